The minimum Gasteiger partial charge on any atom is -0.356 e. The number of hydrogen-bond acceptors (Lipinski definition) is 5. The molecule has 31 heavy (non-hydrogen) atoms. The molecule has 0 bridgehead atoms. The molecule has 3 aromatic rings. The fourth-order valence-electron chi connectivity index (χ4n) is 3.88. The van der Waals surface area contributed by atoms with E-state index in [1.807, 2.05) is 35.8 Å². The highest BCUT2D eigenvalue weighted by Gasteiger charge is 2.16. The van der Waals surface area contributed by atoms with Gasteiger partial charge in [0.25, 0.3) is 0 Å². The van der Waals surface area contributed by atoms with Gasteiger partial charge >= 0.3 is 5.69 Å². The standard InChI is InChI=1S/C21H27N7O2S/c1-15-6-4-7-16(14-15)19-23-24-20(31)27(19)13-9-18(29)22-10-5-12-28-21(30)26-11-3-2-8-17(26)25-28/h4,6-7,14H,2-3,5,8-13H2,1H3,(H,22,29)(H,24,31). The molecule has 4 rings (SSSR count). The molecule has 0 saturated heterocycles. The highest BCUT2D eigenvalue weighted by atomic mass is 32.1. The maximum Gasteiger partial charge on any atom is 0.345 e. The minimum atomic E-state index is -0.0604. The Bertz CT molecular complexity index is 1190. The summed E-state index contributed by atoms with van der Waals surface area (Å²) in [6.07, 6.45) is 3.92. The van der Waals surface area contributed by atoms with Gasteiger partial charge in [-0.1, -0.05) is 23.8 Å². The third kappa shape index (κ3) is 4.84. The Morgan fingerprint density at radius 2 is 2.16 bits per heavy atom. The Balaban J connectivity index is 1.27. The van der Waals surface area contributed by atoms with Crippen molar-refractivity contribution in [3.05, 3.63) is 50.9 Å². The molecule has 1 aromatic carbocycles. The number of aromatic nitrogens is 6. The predicted octanol–water partition coefficient (Wildman–Crippen LogP) is 2.21. The van der Waals surface area contributed by atoms with Gasteiger partial charge in [-0.3, -0.25) is 19.0 Å². The van der Waals surface area contributed by atoms with Crippen LogP contribution in [0, 0.1) is 11.7 Å². The Morgan fingerprint density at radius 1 is 1.29 bits per heavy atom. The second-order valence-corrected chi connectivity index (χ2v) is 8.24. The van der Waals surface area contributed by atoms with Crippen LogP contribution in [0.2, 0.25) is 0 Å². The van der Waals surface area contributed by atoms with Crippen molar-refractivity contribution in [2.45, 2.75) is 58.7 Å². The van der Waals surface area contributed by atoms with Crippen molar-refractivity contribution in [2.75, 3.05) is 6.54 Å². The predicted molar refractivity (Wildman–Crippen MR) is 119 cm³/mol. The topological polar surface area (TPSA) is 103 Å². The van der Waals surface area contributed by atoms with Gasteiger partial charge in [-0.15, -0.1) is 0 Å². The van der Waals surface area contributed by atoms with E-state index in [1.165, 1.54) is 4.68 Å². The van der Waals surface area contributed by atoms with Crippen molar-refractivity contribution in [3.63, 3.8) is 0 Å². The van der Waals surface area contributed by atoms with E-state index in [1.54, 1.807) is 4.57 Å². The molecule has 2 aromatic heterocycles. The number of nitrogens with one attached hydrogen (secondary N) is 2. The number of benzene rings is 1. The molecular formula is C21H27N7O2S. The highest BCUT2D eigenvalue weighted by molar-refractivity contribution is 7.71. The summed E-state index contributed by atoms with van der Waals surface area (Å²) in [5.41, 5.74) is 2.05. The van der Waals surface area contributed by atoms with E-state index < -0.39 is 0 Å². The van der Waals surface area contributed by atoms with E-state index in [2.05, 4.69) is 20.6 Å². The number of H-pyrrole nitrogens is 1. The lowest BCUT2D eigenvalue weighted by molar-refractivity contribution is -0.121. The lowest BCUT2D eigenvalue weighted by Crippen LogP contribution is -2.29. The van der Waals surface area contributed by atoms with E-state index in [0.29, 0.717) is 37.2 Å². The largest absolute Gasteiger partial charge is 0.356 e. The second kappa shape index (κ2) is 9.42. The summed E-state index contributed by atoms with van der Waals surface area (Å²) in [4.78, 5) is 24.6. The summed E-state index contributed by atoms with van der Waals surface area (Å²) in [6.45, 7) is 4.22. The van der Waals surface area contributed by atoms with Gasteiger partial charge in [0.1, 0.15) is 5.82 Å². The van der Waals surface area contributed by atoms with Crippen molar-refractivity contribution in [3.8, 4) is 11.4 Å². The van der Waals surface area contributed by atoms with Gasteiger partial charge in [-0.05, 0) is 44.5 Å². The van der Waals surface area contributed by atoms with Crippen molar-refractivity contribution < 1.29 is 4.79 Å². The first kappa shape index (κ1) is 21.2. The Kier molecular flexibility index (Phi) is 6.45. The van der Waals surface area contributed by atoms with Crippen LogP contribution in [-0.4, -0.2) is 41.6 Å². The monoisotopic (exact) mass is 441 g/mol. The zero-order valence-corrected chi connectivity index (χ0v) is 18.5. The quantitative estimate of drug-likeness (QED) is 0.412. The summed E-state index contributed by atoms with van der Waals surface area (Å²) in [6, 6.07) is 8.01. The van der Waals surface area contributed by atoms with Gasteiger partial charge in [0.15, 0.2) is 10.6 Å². The fraction of sp³-hybridized carbons (Fsp3) is 0.476. The molecule has 1 amide bonds. The Morgan fingerprint density at radius 3 is 2.97 bits per heavy atom. The molecule has 0 radical (unpaired) electrons. The lowest BCUT2D eigenvalue weighted by Gasteiger charge is -2.09. The van der Waals surface area contributed by atoms with Gasteiger partial charge in [-0.25, -0.2) is 9.48 Å². The summed E-state index contributed by atoms with van der Waals surface area (Å²) in [5, 5.41) is 14.5. The van der Waals surface area contributed by atoms with Crippen LogP contribution in [0.3, 0.4) is 0 Å². The number of aryl methyl sites for hydroxylation is 3. The van der Waals surface area contributed by atoms with Crippen LogP contribution in [0.15, 0.2) is 29.1 Å². The van der Waals surface area contributed by atoms with Crippen molar-refractivity contribution in [2.24, 2.45) is 0 Å². The number of aromatic amines is 1. The van der Waals surface area contributed by atoms with Gasteiger partial charge in [0.2, 0.25) is 5.91 Å². The van der Waals surface area contributed by atoms with Crippen LogP contribution in [-0.2, 0) is 30.8 Å². The number of carbonyl (C=O) groups is 1. The van der Waals surface area contributed by atoms with Crippen molar-refractivity contribution in [1.82, 2.24) is 34.4 Å². The first-order chi connectivity index (χ1) is 15.0. The third-order valence-electron chi connectivity index (χ3n) is 5.50. The molecule has 1 aliphatic heterocycles. The van der Waals surface area contributed by atoms with Crippen molar-refractivity contribution in [1.29, 1.82) is 0 Å². The maximum absolute atomic E-state index is 12.3. The SMILES string of the molecule is Cc1cccc(-c2n[nH]c(=S)n2CCC(=O)NCCCn2nc3n(c2=O)CCCC3)c1. The number of rotatable bonds is 8. The van der Waals surface area contributed by atoms with E-state index in [9.17, 15) is 9.59 Å². The van der Waals surface area contributed by atoms with Crippen LogP contribution in [0.25, 0.3) is 11.4 Å². The summed E-state index contributed by atoms with van der Waals surface area (Å²) in [5.74, 6) is 1.54. The highest BCUT2D eigenvalue weighted by Crippen LogP contribution is 2.18. The first-order valence-corrected chi connectivity index (χ1v) is 11.1. The zero-order chi connectivity index (χ0) is 21.8. The molecule has 0 atom stereocenters. The number of carbonyl (C=O) groups excluding carboxylic acids is 1. The average Bonchev–Trinajstić information content (AvgIpc) is 3.29. The van der Waals surface area contributed by atoms with Crippen molar-refractivity contribution >= 4 is 18.1 Å². The molecule has 164 valence electrons. The van der Waals surface area contributed by atoms with Crippen LogP contribution >= 0.6 is 12.2 Å². The molecule has 2 N–H and O–H groups in total. The number of hydrogen-bond donors (Lipinski definition) is 2. The van der Waals surface area contributed by atoms with E-state index in [4.69, 9.17) is 12.2 Å². The summed E-state index contributed by atoms with van der Waals surface area (Å²) >= 11 is 5.34. The molecule has 10 heteroatoms. The van der Waals surface area contributed by atoms with E-state index in [0.717, 1.165) is 48.6 Å². The number of amides is 1. The van der Waals surface area contributed by atoms with Gasteiger partial charge < -0.3 is 5.32 Å². The fourth-order valence-corrected chi connectivity index (χ4v) is 4.11. The molecule has 1 aliphatic rings. The molecule has 0 spiro atoms. The minimum absolute atomic E-state index is 0.0426. The third-order valence-corrected chi connectivity index (χ3v) is 5.81. The Labute approximate surface area is 185 Å². The second-order valence-electron chi connectivity index (χ2n) is 7.86. The van der Waals surface area contributed by atoms with Gasteiger partial charge in [-0.2, -0.15) is 10.2 Å². The summed E-state index contributed by atoms with van der Waals surface area (Å²) < 4.78 is 5.62. The average molecular weight is 442 g/mol. The Hall–Kier alpha value is -3.01. The molecular weight excluding hydrogens is 414 g/mol. The lowest BCUT2D eigenvalue weighted by atomic mass is 10.1. The molecule has 9 nitrogen and oxygen atoms in total. The molecule has 0 unspecified atom stereocenters. The van der Waals surface area contributed by atoms with Gasteiger partial charge in [0, 0.05) is 44.6 Å². The van der Waals surface area contributed by atoms with Gasteiger partial charge in [0.05, 0.1) is 0 Å². The normalized spacial score (nSPS) is 13.2. The summed E-state index contributed by atoms with van der Waals surface area (Å²) in [7, 11) is 0. The molecule has 3 heterocycles. The smallest absolute Gasteiger partial charge is 0.345 e. The zero-order valence-electron chi connectivity index (χ0n) is 17.6. The molecule has 0 fully saturated rings. The number of nitrogens with zero attached hydrogens (tertiary/aromatic N) is 5. The number of fused-ring (bicyclic) bond motifs is 1. The first-order valence-electron chi connectivity index (χ1n) is 10.7. The van der Waals surface area contributed by atoms with Crippen LogP contribution in [0.1, 0.15) is 37.1 Å². The maximum atomic E-state index is 12.3. The van der Waals surface area contributed by atoms with Crippen LogP contribution in [0.4, 0.5) is 0 Å². The molecule has 0 aliphatic carbocycles. The van der Waals surface area contributed by atoms with E-state index >= 15 is 0 Å². The van der Waals surface area contributed by atoms with Crippen LogP contribution < -0.4 is 11.0 Å². The van der Waals surface area contributed by atoms with E-state index in [-0.39, 0.29) is 11.6 Å². The van der Waals surface area contributed by atoms with Crippen LogP contribution in [0.5, 0.6) is 0 Å². The molecule has 0 saturated carbocycles.